The Hall–Kier alpha value is -0.710. The molecule has 1 saturated carbocycles. The number of thioether (sulfide) groups is 1. The maximum atomic E-state index is 12.5. The quantitative estimate of drug-likeness (QED) is 0.842. The lowest BCUT2D eigenvalue weighted by atomic mass is 9.74. The van der Waals surface area contributed by atoms with Gasteiger partial charge in [0.05, 0.1) is 5.92 Å². The highest BCUT2D eigenvalue weighted by Gasteiger charge is 2.37. The number of nitrogens with one attached hydrogen (secondary N) is 1. The Kier molecular flexibility index (Phi) is 7.74. The van der Waals surface area contributed by atoms with Crippen LogP contribution in [-0.2, 0) is 10.5 Å². The fourth-order valence-electron chi connectivity index (χ4n) is 2.98. The fourth-order valence-corrected chi connectivity index (χ4v) is 3.60. The zero-order chi connectivity index (χ0) is 15.3. The van der Waals surface area contributed by atoms with Crippen LogP contribution in [0.2, 0.25) is 0 Å². The molecule has 1 aromatic carbocycles. The first kappa shape index (κ1) is 19.3. The average molecular weight is 343 g/mol. The van der Waals surface area contributed by atoms with E-state index in [0.717, 1.165) is 42.9 Å². The van der Waals surface area contributed by atoms with Crippen molar-refractivity contribution < 1.29 is 4.79 Å². The first-order valence-electron chi connectivity index (χ1n) is 7.79. The van der Waals surface area contributed by atoms with Crippen molar-refractivity contribution in [3.63, 3.8) is 0 Å². The Morgan fingerprint density at radius 1 is 1.45 bits per heavy atom. The molecular weight excluding hydrogens is 316 g/mol. The van der Waals surface area contributed by atoms with E-state index in [0.29, 0.717) is 0 Å². The molecule has 0 aromatic heterocycles. The highest BCUT2D eigenvalue weighted by atomic mass is 35.5. The molecule has 0 bridgehead atoms. The van der Waals surface area contributed by atoms with Crippen molar-refractivity contribution in [2.24, 2.45) is 11.7 Å². The molecule has 0 heterocycles. The SMILES string of the molecule is CCSCc1cccc(NC(=O)C2CCCCC2(C)N)c1.Cl. The first-order valence-corrected chi connectivity index (χ1v) is 8.95. The van der Waals surface area contributed by atoms with E-state index in [1.807, 2.05) is 30.8 Å². The predicted molar refractivity (Wildman–Crippen MR) is 98.7 cm³/mol. The Balaban J connectivity index is 0.00000242. The molecule has 2 unspecified atom stereocenters. The van der Waals surface area contributed by atoms with Crippen LogP contribution >= 0.6 is 24.2 Å². The summed E-state index contributed by atoms with van der Waals surface area (Å²) < 4.78 is 0. The first-order chi connectivity index (χ1) is 10.0. The lowest BCUT2D eigenvalue weighted by Gasteiger charge is -2.37. The molecule has 1 aliphatic carbocycles. The van der Waals surface area contributed by atoms with Gasteiger partial charge >= 0.3 is 0 Å². The van der Waals surface area contributed by atoms with E-state index < -0.39 is 0 Å². The third kappa shape index (κ3) is 5.18. The van der Waals surface area contributed by atoms with E-state index in [2.05, 4.69) is 24.4 Å². The number of hydrogen-bond donors (Lipinski definition) is 2. The van der Waals surface area contributed by atoms with Gasteiger partial charge in [0, 0.05) is 17.0 Å². The van der Waals surface area contributed by atoms with Crippen molar-refractivity contribution in [1.82, 2.24) is 0 Å². The smallest absolute Gasteiger partial charge is 0.229 e. The maximum absolute atomic E-state index is 12.5. The van der Waals surface area contributed by atoms with E-state index in [1.54, 1.807) is 0 Å². The van der Waals surface area contributed by atoms with E-state index in [1.165, 1.54) is 5.56 Å². The topological polar surface area (TPSA) is 55.1 Å². The molecule has 124 valence electrons. The summed E-state index contributed by atoms with van der Waals surface area (Å²) in [5.74, 6) is 2.07. The summed E-state index contributed by atoms with van der Waals surface area (Å²) >= 11 is 1.88. The Bertz CT molecular complexity index is 493. The molecule has 1 aliphatic rings. The molecule has 0 radical (unpaired) electrons. The lowest BCUT2D eigenvalue weighted by molar-refractivity contribution is -0.122. The number of carbonyl (C=O) groups excluding carboxylic acids is 1. The van der Waals surface area contributed by atoms with Gasteiger partial charge in [-0.05, 0) is 43.2 Å². The fraction of sp³-hybridized carbons (Fsp3) is 0.588. The molecule has 1 amide bonds. The Labute approximate surface area is 144 Å². The van der Waals surface area contributed by atoms with Gasteiger partial charge in [-0.25, -0.2) is 0 Å². The predicted octanol–water partition coefficient (Wildman–Crippen LogP) is 4.21. The highest BCUT2D eigenvalue weighted by Crippen LogP contribution is 2.32. The molecule has 22 heavy (non-hydrogen) atoms. The molecule has 1 fully saturated rings. The standard InChI is InChI=1S/C17H26N2OS.ClH/c1-3-21-12-13-7-6-8-14(11-13)19-16(20)15-9-4-5-10-17(15,2)18;/h6-8,11,15H,3-5,9-10,12,18H2,1-2H3,(H,19,20);1H. The lowest BCUT2D eigenvalue weighted by Crippen LogP contribution is -2.51. The number of amides is 1. The van der Waals surface area contributed by atoms with Gasteiger partial charge in [-0.15, -0.1) is 12.4 Å². The van der Waals surface area contributed by atoms with Crippen LogP contribution in [0.15, 0.2) is 24.3 Å². The van der Waals surface area contributed by atoms with Crippen molar-refractivity contribution in [3.05, 3.63) is 29.8 Å². The summed E-state index contributed by atoms with van der Waals surface area (Å²) in [4.78, 5) is 12.5. The van der Waals surface area contributed by atoms with Crippen LogP contribution in [0.4, 0.5) is 5.69 Å². The minimum absolute atomic E-state index is 0. The summed E-state index contributed by atoms with van der Waals surface area (Å²) in [7, 11) is 0. The average Bonchev–Trinajstić information content (AvgIpc) is 2.45. The number of carbonyl (C=O) groups is 1. The van der Waals surface area contributed by atoms with E-state index in [4.69, 9.17) is 5.73 Å². The minimum Gasteiger partial charge on any atom is -0.326 e. The summed E-state index contributed by atoms with van der Waals surface area (Å²) in [5.41, 5.74) is 8.06. The summed E-state index contributed by atoms with van der Waals surface area (Å²) in [6, 6.07) is 8.13. The van der Waals surface area contributed by atoms with E-state index in [9.17, 15) is 4.79 Å². The molecule has 2 atom stereocenters. The highest BCUT2D eigenvalue weighted by molar-refractivity contribution is 7.98. The number of benzene rings is 1. The third-order valence-corrected chi connectivity index (χ3v) is 5.18. The van der Waals surface area contributed by atoms with Gasteiger partial charge in [-0.1, -0.05) is 31.9 Å². The zero-order valence-electron chi connectivity index (χ0n) is 13.4. The molecule has 3 nitrogen and oxygen atoms in total. The van der Waals surface area contributed by atoms with Gasteiger partial charge < -0.3 is 11.1 Å². The van der Waals surface area contributed by atoms with Gasteiger partial charge in [0.25, 0.3) is 0 Å². The number of hydrogen-bond acceptors (Lipinski definition) is 3. The van der Waals surface area contributed by atoms with Crippen LogP contribution in [0.5, 0.6) is 0 Å². The molecule has 0 aliphatic heterocycles. The number of anilines is 1. The minimum atomic E-state index is -0.377. The second-order valence-corrected chi connectivity index (χ2v) is 7.41. The Morgan fingerprint density at radius 2 is 2.23 bits per heavy atom. The van der Waals surface area contributed by atoms with Crippen molar-refractivity contribution in [2.75, 3.05) is 11.1 Å². The van der Waals surface area contributed by atoms with Crippen molar-refractivity contribution in [3.8, 4) is 0 Å². The van der Waals surface area contributed by atoms with Crippen LogP contribution < -0.4 is 11.1 Å². The van der Waals surface area contributed by atoms with Crippen LogP contribution in [0.3, 0.4) is 0 Å². The summed E-state index contributed by atoms with van der Waals surface area (Å²) in [5, 5.41) is 3.06. The van der Waals surface area contributed by atoms with Crippen molar-refractivity contribution in [1.29, 1.82) is 0 Å². The van der Waals surface area contributed by atoms with Crippen LogP contribution in [0.25, 0.3) is 0 Å². The normalized spacial score (nSPS) is 24.4. The Morgan fingerprint density at radius 3 is 2.91 bits per heavy atom. The van der Waals surface area contributed by atoms with Crippen molar-refractivity contribution in [2.45, 2.75) is 50.8 Å². The largest absolute Gasteiger partial charge is 0.326 e. The zero-order valence-corrected chi connectivity index (χ0v) is 15.1. The maximum Gasteiger partial charge on any atom is 0.229 e. The summed E-state index contributed by atoms with van der Waals surface area (Å²) in [6.07, 6.45) is 4.04. The molecule has 3 N–H and O–H groups in total. The van der Waals surface area contributed by atoms with Gasteiger partial charge in [0.1, 0.15) is 0 Å². The van der Waals surface area contributed by atoms with Gasteiger partial charge in [-0.3, -0.25) is 4.79 Å². The van der Waals surface area contributed by atoms with Gasteiger partial charge in [0.15, 0.2) is 0 Å². The molecule has 5 heteroatoms. The monoisotopic (exact) mass is 342 g/mol. The second kappa shape index (κ2) is 8.80. The van der Waals surface area contributed by atoms with Gasteiger partial charge in [-0.2, -0.15) is 11.8 Å². The van der Waals surface area contributed by atoms with Gasteiger partial charge in [0.2, 0.25) is 5.91 Å². The van der Waals surface area contributed by atoms with E-state index in [-0.39, 0.29) is 29.8 Å². The molecule has 0 saturated heterocycles. The van der Waals surface area contributed by atoms with Crippen LogP contribution in [0.1, 0.15) is 45.1 Å². The molecule has 1 aromatic rings. The van der Waals surface area contributed by atoms with Crippen LogP contribution in [0, 0.1) is 5.92 Å². The molecular formula is C17H27ClN2OS. The number of halogens is 1. The second-order valence-electron chi connectivity index (χ2n) is 6.13. The number of nitrogens with two attached hydrogens (primary N) is 1. The van der Waals surface area contributed by atoms with Crippen LogP contribution in [-0.4, -0.2) is 17.2 Å². The van der Waals surface area contributed by atoms with E-state index >= 15 is 0 Å². The third-order valence-electron chi connectivity index (χ3n) is 4.24. The number of rotatable bonds is 5. The molecule has 2 rings (SSSR count). The van der Waals surface area contributed by atoms with Crippen molar-refractivity contribution >= 4 is 35.8 Å². The summed E-state index contributed by atoms with van der Waals surface area (Å²) in [6.45, 7) is 4.16. The molecule has 0 spiro atoms.